The van der Waals surface area contributed by atoms with E-state index in [1.807, 2.05) is 37.3 Å². The number of amides is 2. The van der Waals surface area contributed by atoms with Gasteiger partial charge < -0.3 is 10.2 Å². The van der Waals surface area contributed by atoms with Crippen LogP contribution >= 0.6 is 0 Å². The summed E-state index contributed by atoms with van der Waals surface area (Å²) in [6.45, 7) is 0.626. The zero-order chi connectivity index (χ0) is 24.3. The van der Waals surface area contributed by atoms with E-state index in [1.54, 1.807) is 24.5 Å². The van der Waals surface area contributed by atoms with Gasteiger partial charge in [0.25, 0.3) is 11.8 Å². The molecule has 0 bridgehead atoms. The second-order valence-electron chi connectivity index (χ2n) is 8.11. The Hall–Kier alpha value is -4.19. The Bertz CT molecular complexity index is 1320. The van der Waals surface area contributed by atoms with Crippen LogP contribution in [0.2, 0.25) is 0 Å². The lowest BCUT2D eigenvalue weighted by molar-refractivity contribution is -0.131. The van der Waals surface area contributed by atoms with Crippen molar-refractivity contribution in [3.63, 3.8) is 0 Å². The van der Waals surface area contributed by atoms with Gasteiger partial charge >= 0.3 is 0 Å². The molecule has 4 rings (SSSR count). The highest BCUT2D eigenvalue weighted by Gasteiger charge is 2.47. The number of allylic oxidation sites excluding steroid dienone is 1. The maximum absolute atomic E-state index is 13.6. The number of carbonyl (C=O) groups is 2. The number of hydrogen-bond donors (Lipinski definition) is 1. The molecule has 2 amide bonds. The number of likely N-dealkylation sites (tertiary alicyclic amines) is 1. The van der Waals surface area contributed by atoms with Crippen LogP contribution in [0.1, 0.15) is 34.8 Å². The van der Waals surface area contributed by atoms with Gasteiger partial charge in [0.1, 0.15) is 6.04 Å². The van der Waals surface area contributed by atoms with Gasteiger partial charge in [-0.3, -0.25) is 19.6 Å². The Balaban J connectivity index is 1.54. The van der Waals surface area contributed by atoms with Crippen LogP contribution in [-0.4, -0.2) is 51.7 Å². The summed E-state index contributed by atoms with van der Waals surface area (Å²) in [5, 5.41) is 12.2. The molecule has 0 aliphatic carbocycles. The molecule has 1 atom stereocenters. The lowest BCUT2D eigenvalue weighted by atomic mass is 10.00. The topological polar surface area (TPSA) is 99.0 Å². The molecule has 1 aliphatic rings. The summed E-state index contributed by atoms with van der Waals surface area (Å²) in [6.07, 6.45) is 6.20. The van der Waals surface area contributed by atoms with E-state index >= 15 is 0 Å². The molecule has 1 aliphatic heterocycles. The quantitative estimate of drug-likeness (QED) is 0.625. The van der Waals surface area contributed by atoms with Gasteiger partial charge in [-0.2, -0.15) is 5.26 Å². The fourth-order valence-corrected chi connectivity index (χ4v) is 3.93. The standard InChI is InChI=1S/C25H21F2N5O2/c1-16(9-17-3-2-7-29-13-17)18-4-5-22-21(10-18)20(6-8-30-22)24(34)31-14-23(33)32-15-25(26,27)11-19(32)12-28/h2-10,13,19H,11,14-15H2,1H3,(H,31,34). The van der Waals surface area contributed by atoms with E-state index in [1.165, 1.54) is 12.3 Å². The molecule has 0 saturated carbocycles. The minimum absolute atomic E-state index is 0.303. The van der Waals surface area contributed by atoms with Crippen molar-refractivity contribution < 1.29 is 18.4 Å². The molecule has 0 spiro atoms. The summed E-state index contributed by atoms with van der Waals surface area (Å²) in [7, 11) is 0. The second-order valence-corrected chi connectivity index (χ2v) is 8.11. The molecular formula is C25H21F2N5O2. The maximum atomic E-state index is 13.6. The molecule has 1 fully saturated rings. The summed E-state index contributed by atoms with van der Waals surface area (Å²) in [5.74, 6) is -4.38. The van der Waals surface area contributed by atoms with E-state index in [4.69, 9.17) is 5.26 Å². The predicted molar refractivity (Wildman–Crippen MR) is 123 cm³/mol. The van der Waals surface area contributed by atoms with Gasteiger partial charge in [0.2, 0.25) is 5.91 Å². The van der Waals surface area contributed by atoms with Crippen LogP contribution in [-0.2, 0) is 4.79 Å². The molecule has 0 radical (unpaired) electrons. The first-order chi connectivity index (χ1) is 16.3. The highest BCUT2D eigenvalue weighted by atomic mass is 19.3. The molecule has 3 aromatic rings. The summed E-state index contributed by atoms with van der Waals surface area (Å²) in [5.41, 5.74) is 3.67. The lowest BCUT2D eigenvalue weighted by Crippen LogP contribution is -2.43. The van der Waals surface area contributed by atoms with Crippen molar-refractivity contribution in [3.8, 4) is 6.07 Å². The Kier molecular flexibility index (Phi) is 6.32. The van der Waals surface area contributed by atoms with Gasteiger partial charge in [0.15, 0.2) is 0 Å². The summed E-state index contributed by atoms with van der Waals surface area (Å²) in [4.78, 5) is 34.5. The third-order valence-electron chi connectivity index (χ3n) is 5.65. The Morgan fingerprint density at radius 2 is 2.12 bits per heavy atom. The van der Waals surface area contributed by atoms with E-state index in [0.717, 1.165) is 21.6 Å². The predicted octanol–water partition coefficient (Wildman–Crippen LogP) is 3.68. The average molecular weight is 461 g/mol. The van der Waals surface area contributed by atoms with Crippen molar-refractivity contribution in [1.29, 1.82) is 5.26 Å². The first-order valence-electron chi connectivity index (χ1n) is 10.6. The van der Waals surface area contributed by atoms with E-state index in [0.29, 0.717) is 16.5 Å². The SMILES string of the molecule is CC(=Cc1cccnc1)c1ccc2nccc(C(=O)NCC(=O)N3CC(F)(F)CC3C#N)c2c1. The number of nitrogens with one attached hydrogen (secondary N) is 1. The molecule has 3 heterocycles. The van der Waals surface area contributed by atoms with Gasteiger partial charge in [-0.25, -0.2) is 8.78 Å². The molecule has 1 N–H and O–H groups in total. The van der Waals surface area contributed by atoms with Crippen molar-refractivity contribution in [1.82, 2.24) is 20.2 Å². The monoisotopic (exact) mass is 461 g/mol. The average Bonchev–Trinajstić information content (AvgIpc) is 3.16. The summed E-state index contributed by atoms with van der Waals surface area (Å²) in [6, 6.07) is 11.4. The van der Waals surface area contributed by atoms with Gasteiger partial charge in [0.05, 0.1) is 30.2 Å². The van der Waals surface area contributed by atoms with Gasteiger partial charge in [-0.05, 0) is 54.0 Å². The van der Waals surface area contributed by atoms with Crippen LogP contribution < -0.4 is 5.32 Å². The lowest BCUT2D eigenvalue weighted by Gasteiger charge is -2.19. The first-order valence-corrected chi connectivity index (χ1v) is 10.6. The largest absolute Gasteiger partial charge is 0.343 e. The van der Waals surface area contributed by atoms with Crippen molar-refractivity contribution in [2.24, 2.45) is 0 Å². The third kappa shape index (κ3) is 4.91. The Labute approximate surface area is 194 Å². The van der Waals surface area contributed by atoms with Crippen LogP contribution in [0.25, 0.3) is 22.6 Å². The molecular weight excluding hydrogens is 440 g/mol. The van der Waals surface area contributed by atoms with Crippen LogP contribution in [0, 0.1) is 11.3 Å². The van der Waals surface area contributed by atoms with Crippen LogP contribution in [0.15, 0.2) is 55.0 Å². The smallest absolute Gasteiger partial charge is 0.268 e. The van der Waals surface area contributed by atoms with E-state index < -0.39 is 43.3 Å². The number of nitriles is 1. The number of nitrogens with zero attached hydrogens (tertiary/aromatic N) is 4. The summed E-state index contributed by atoms with van der Waals surface area (Å²) >= 11 is 0. The van der Waals surface area contributed by atoms with Crippen molar-refractivity contribution in [2.75, 3.05) is 13.1 Å². The minimum Gasteiger partial charge on any atom is -0.343 e. The van der Waals surface area contributed by atoms with Crippen molar-refractivity contribution >= 4 is 34.4 Å². The highest BCUT2D eigenvalue weighted by Crippen LogP contribution is 2.31. The van der Waals surface area contributed by atoms with E-state index in [-0.39, 0.29) is 0 Å². The number of fused-ring (bicyclic) bond motifs is 1. The number of aromatic nitrogens is 2. The molecule has 1 saturated heterocycles. The molecule has 172 valence electrons. The second kappa shape index (κ2) is 9.35. The number of carbonyl (C=O) groups excluding carboxylic acids is 2. The molecule has 1 unspecified atom stereocenters. The Morgan fingerprint density at radius 1 is 1.29 bits per heavy atom. The normalized spacial score (nSPS) is 17.4. The highest BCUT2D eigenvalue weighted by molar-refractivity contribution is 6.07. The first kappa shape index (κ1) is 23.0. The van der Waals surface area contributed by atoms with E-state index in [9.17, 15) is 18.4 Å². The number of halogens is 2. The van der Waals surface area contributed by atoms with Crippen LogP contribution in [0.3, 0.4) is 0 Å². The van der Waals surface area contributed by atoms with Crippen molar-refractivity contribution in [2.45, 2.75) is 25.3 Å². The van der Waals surface area contributed by atoms with Crippen LogP contribution in [0.4, 0.5) is 8.78 Å². The zero-order valence-corrected chi connectivity index (χ0v) is 18.3. The fraction of sp³-hybridized carbons (Fsp3) is 0.240. The third-order valence-corrected chi connectivity index (χ3v) is 5.65. The molecule has 9 heteroatoms. The van der Waals surface area contributed by atoms with Crippen molar-refractivity contribution in [3.05, 3.63) is 71.7 Å². The molecule has 34 heavy (non-hydrogen) atoms. The number of benzene rings is 1. The molecule has 2 aromatic heterocycles. The molecule has 7 nitrogen and oxygen atoms in total. The maximum Gasteiger partial charge on any atom is 0.268 e. The fourth-order valence-electron chi connectivity index (χ4n) is 3.93. The minimum atomic E-state index is -3.11. The van der Waals surface area contributed by atoms with Gasteiger partial charge in [0, 0.05) is 30.4 Å². The van der Waals surface area contributed by atoms with Gasteiger partial charge in [-0.15, -0.1) is 0 Å². The molecule has 1 aromatic carbocycles. The van der Waals surface area contributed by atoms with Crippen LogP contribution in [0.5, 0.6) is 0 Å². The Morgan fingerprint density at radius 3 is 2.85 bits per heavy atom. The summed E-state index contributed by atoms with van der Waals surface area (Å²) < 4.78 is 27.2. The number of hydrogen-bond acceptors (Lipinski definition) is 5. The zero-order valence-electron chi connectivity index (χ0n) is 18.3. The number of alkyl halides is 2. The number of rotatable bonds is 5. The van der Waals surface area contributed by atoms with E-state index in [2.05, 4.69) is 15.3 Å². The van der Waals surface area contributed by atoms with Gasteiger partial charge in [-0.1, -0.05) is 12.1 Å². The number of pyridine rings is 2.